The number of hydrogen-bond acceptors (Lipinski definition) is 2. The molecule has 0 heterocycles. The molecule has 0 atom stereocenters. The van der Waals surface area contributed by atoms with Crippen LogP contribution in [0, 0.1) is 6.92 Å². The number of carbonyl (C=O) groups excluding carboxylic acids is 1. The molecule has 3 nitrogen and oxygen atoms in total. The quantitative estimate of drug-likeness (QED) is 0.596. The van der Waals surface area contributed by atoms with Crippen molar-refractivity contribution < 1.29 is 9.53 Å². The lowest BCUT2D eigenvalue weighted by atomic mass is 10.0. The highest BCUT2D eigenvalue weighted by Crippen LogP contribution is 2.30. The van der Waals surface area contributed by atoms with E-state index >= 15 is 0 Å². The number of carbonyl (C=O) groups is 1. The molecule has 0 saturated heterocycles. The van der Waals surface area contributed by atoms with Crippen molar-refractivity contribution in [2.75, 3.05) is 19.7 Å². The lowest BCUT2D eigenvalue weighted by Crippen LogP contribution is -2.31. The number of amides is 1. The lowest BCUT2D eigenvalue weighted by Gasteiger charge is -2.20. The smallest absolute Gasteiger partial charge is 0.222 e. The molecule has 134 valence electrons. The Labute approximate surface area is 151 Å². The van der Waals surface area contributed by atoms with Crippen LogP contribution < -0.4 is 4.74 Å². The Morgan fingerprint density at radius 1 is 1.08 bits per heavy atom. The van der Waals surface area contributed by atoms with E-state index in [-0.39, 0.29) is 5.91 Å². The lowest BCUT2D eigenvalue weighted by molar-refractivity contribution is -0.131. The third-order valence-corrected chi connectivity index (χ3v) is 4.24. The molecule has 2 rings (SSSR count). The van der Waals surface area contributed by atoms with Crippen LogP contribution in [0.25, 0.3) is 11.1 Å². The number of para-hydroxylation sites is 1. The molecule has 2 aromatic carbocycles. The molecule has 25 heavy (non-hydrogen) atoms. The van der Waals surface area contributed by atoms with Gasteiger partial charge in [0.1, 0.15) is 5.75 Å². The molecule has 0 fully saturated rings. The van der Waals surface area contributed by atoms with Crippen LogP contribution in [0.1, 0.15) is 38.7 Å². The highest BCUT2D eigenvalue weighted by Gasteiger charge is 2.11. The third kappa shape index (κ3) is 5.63. The molecule has 0 radical (unpaired) electrons. The average Bonchev–Trinajstić information content (AvgIpc) is 2.63. The number of rotatable bonds is 9. The molecule has 2 aromatic rings. The van der Waals surface area contributed by atoms with Crippen molar-refractivity contribution in [1.82, 2.24) is 4.90 Å². The number of hydrogen-bond donors (Lipinski definition) is 0. The van der Waals surface area contributed by atoms with Gasteiger partial charge in [-0.05, 0) is 38.3 Å². The second kappa shape index (κ2) is 9.87. The molecule has 0 aromatic heterocycles. The molecule has 0 aliphatic rings. The predicted octanol–water partition coefficient (Wildman–Crippen LogP) is 5.08. The summed E-state index contributed by atoms with van der Waals surface area (Å²) in [6.45, 7) is 8.39. The van der Waals surface area contributed by atoms with E-state index in [0.29, 0.717) is 13.0 Å². The second-order valence-electron chi connectivity index (χ2n) is 6.29. The molecule has 1 amide bonds. The number of ether oxygens (including phenoxy) is 1. The van der Waals surface area contributed by atoms with E-state index in [1.54, 1.807) is 0 Å². The number of benzene rings is 2. The van der Waals surface area contributed by atoms with E-state index < -0.39 is 0 Å². The zero-order valence-electron chi connectivity index (χ0n) is 15.6. The topological polar surface area (TPSA) is 29.5 Å². The Morgan fingerprint density at radius 3 is 2.60 bits per heavy atom. The summed E-state index contributed by atoms with van der Waals surface area (Å²) in [7, 11) is 0. The van der Waals surface area contributed by atoms with Crippen molar-refractivity contribution >= 4 is 5.91 Å². The fraction of sp³-hybridized carbons (Fsp3) is 0.409. The van der Waals surface area contributed by atoms with Crippen molar-refractivity contribution in [3.63, 3.8) is 0 Å². The van der Waals surface area contributed by atoms with Crippen LogP contribution in [0.3, 0.4) is 0 Å². The molecule has 0 aliphatic carbocycles. The van der Waals surface area contributed by atoms with Gasteiger partial charge in [-0.25, -0.2) is 0 Å². The van der Waals surface area contributed by atoms with Gasteiger partial charge in [0, 0.05) is 25.1 Å². The third-order valence-electron chi connectivity index (χ3n) is 4.24. The molecule has 0 spiro atoms. The summed E-state index contributed by atoms with van der Waals surface area (Å²) >= 11 is 0. The average molecular weight is 339 g/mol. The largest absolute Gasteiger partial charge is 0.493 e. The molecular weight excluding hydrogens is 310 g/mol. The van der Waals surface area contributed by atoms with Crippen LogP contribution in [0.5, 0.6) is 5.75 Å². The molecule has 0 saturated carbocycles. The fourth-order valence-electron chi connectivity index (χ4n) is 2.94. The summed E-state index contributed by atoms with van der Waals surface area (Å²) in [4.78, 5) is 14.1. The van der Waals surface area contributed by atoms with Gasteiger partial charge >= 0.3 is 0 Å². The van der Waals surface area contributed by atoms with E-state index in [1.165, 1.54) is 5.56 Å². The Kier molecular flexibility index (Phi) is 7.52. The van der Waals surface area contributed by atoms with E-state index in [9.17, 15) is 4.79 Å². The maximum absolute atomic E-state index is 12.2. The van der Waals surface area contributed by atoms with E-state index in [4.69, 9.17) is 4.74 Å². The Hall–Kier alpha value is -2.29. The van der Waals surface area contributed by atoms with Gasteiger partial charge in [-0.2, -0.15) is 0 Å². The van der Waals surface area contributed by atoms with Crippen LogP contribution in [0.4, 0.5) is 0 Å². The minimum atomic E-state index is 0.222. The normalized spacial score (nSPS) is 10.5. The number of nitrogens with zero attached hydrogens (tertiary/aromatic N) is 1. The second-order valence-corrected chi connectivity index (χ2v) is 6.29. The summed E-state index contributed by atoms with van der Waals surface area (Å²) in [5.74, 6) is 1.10. The molecule has 0 aliphatic heterocycles. The predicted molar refractivity (Wildman–Crippen MR) is 104 cm³/mol. The summed E-state index contributed by atoms with van der Waals surface area (Å²) < 4.78 is 5.98. The highest BCUT2D eigenvalue weighted by atomic mass is 16.5. The van der Waals surface area contributed by atoms with Gasteiger partial charge in [0.05, 0.1) is 6.61 Å². The first-order valence-electron chi connectivity index (χ1n) is 9.22. The molecule has 3 heteroatoms. The van der Waals surface area contributed by atoms with E-state index in [2.05, 4.69) is 44.2 Å². The van der Waals surface area contributed by atoms with Crippen LogP contribution in [0.2, 0.25) is 0 Å². The fourth-order valence-corrected chi connectivity index (χ4v) is 2.94. The van der Waals surface area contributed by atoms with Crippen molar-refractivity contribution in [3.8, 4) is 16.9 Å². The SMILES string of the molecule is CCCN(CC)C(=O)CCCOc1ccccc1-c1cccc(C)c1. The summed E-state index contributed by atoms with van der Waals surface area (Å²) in [5.41, 5.74) is 3.49. The van der Waals surface area contributed by atoms with Gasteiger partial charge in [0.2, 0.25) is 5.91 Å². The molecule has 0 N–H and O–H groups in total. The number of aryl methyl sites for hydroxylation is 1. The van der Waals surface area contributed by atoms with Crippen LogP contribution in [0.15, 0.2) is 48.5 Å². The first-order chi connectivity index (χ1) is 12.2. The maximum Gasteiger partial charge on any atom is 0.222 e. The maximum atomic E-state index is 12.2. The Bertz CT molecular complexity index is 681. The van der Waals surface area contributed by atoms with E-state index in [1.807, 2.05) is 30.0 Å². The van der Waals surface area contributed by atoms with Crippen LogP contribution >= 0.6 is 0 Å². The van der Waals surface area contributed by atoms with Crippen molar-refractivity contribution in [2.24, 2.45) is 0 Å². The van der Waals surface area contributed by atoms with Crippen molar-refractivity contribution in [2.45, 2.75) is 40.0 Å². The van der Waals surface area contributed by atoms with Gasteiger partial charge in [0.15, 0.2) is 0 Å². The highest BCUT2D eigenvalue weighted by molar-refractivity contribution is 5.76. The zero-order valence-corrected chi connectivity index (χ0v) is 15.6. The minimum absolute atomic E-state index is 0.222. The van der Waals surface area contributed by atoms with Gasteiger partial charge in [-0.1, -0.05) is 55.0 Å². The van der Waals surface area contributed by atoms with E-state index in [0.717, 1.165) is 42.8 Å². The van der Waals surface area contributed by atoms with Crippen molar-refractivity contribution in [3.05, 3.63) is 54.1 Å². The molecule has 0 unspecified atom stereocenters. The Morgan fingerprint density at radius 2 is 1.88 bits per heavy atom. The van der Waals surface area contributed by atoms with Gasteiger partial charge in [-0.15, -0.1) is 0 Å². The Balaban J connectivity index is 1.93. The zero-order chi connectivity index (χ0) is 18.1. The standard InChI is InChI=1S/C22H29NO2/c1-4-15-23(5-2)22(24)14-9-16-25-21-13-7-6-12-20(21)19-11-8-10-18(3)17-19/h6-8,10-13,17H,4-5,9,14-16H2,1-3H3. The van der Waals surface area contributed by atoms with Gasteiger partial charge in [0.25, 0.3) is 0 Å². The first-order valence-corrected chi connectivity index (χ1v) is 9.22. The summed E-state index contributed by atoms with van der Waals surface area (Å²) in [5, 5.41) is 0. The van der Waals surface area contributed by atoms with Crippen molar-refractivity contribution in [1.29, 1.82) is 0 Å². The molecular formula is C22H29NO2. The van der Waals surface area contributed by atoms with Gasteiger partial charge in [-0.3, -0.25) is 4.79 Å². The summed E-state index contributed by atoms with van der Waals surface area (Å²) in [6.07, 6.45) is 2.28. The van der Waals surface area contributed by atoms with Gasteiger partial charge < -0.3 is 9.64 Å². The monoisotopic (exact) mass is 339 g/mol. The first kappa shape index (κ1) is 19.0. The van der Waals surface area contributed by atoms with Crippen LogP contribution in [-0.4, -0.2) is 30.5 Å². The molecule has 0 bridgehead atoms. The van der Waals surface area contributed by atoms with Crippen LogP contribution in [-0.2, 0) is 4.79 Å². The summed E-state index contributed by atoms with van der Waals surface area (Å²) in [6, 6.07) is 16.5. The minimum Gasteiger partial charge on any atom is -0.493 e.